The lowest BCUT2D eigenvalue weighted by atomic mass is 9.91. The molecule has 1 heterocycles. The molecule has 0 aromatic heterocycles. The standard InChI is InChI=1S/C18H24N2/c1-13(2)16-9-7-10-17(14(3)4)18(16)20-11-6-5-8-15(20)12-19/h5-15,19H,1-4H3. The number of rotatable bonds is 4. The topological polar surface area (TPSA) is 27.1 Å². The van der Waals surface area contributed by atoms with E-state index in [1.165, 1.54) is 23.0 Å². The highest BCUT2D eigenvalue weighted by Crippen LogP contribution is 2.37. The summed E-state index contributed by atoms with van der Waals surface area (Å²) in [5.74, 6) is 0.934. The van der Waals surface area contributed by atoms with Gasteiger partial charge < -0.3 is 10.3 Å². The first-order valence-electron chi connectivity index (χ1n) is 7.33. The van der Waals surface area contributed by atoms with Crippen LogP contribution in [0.5, 0.6) is 0 Å². The highest BCUT2D eigenvalue weighted by Gasteiger charge is 2.22. The summed E-state index contributed by atoms with van der Waals surface area (Å²) in [6.07, 6.45) is 9.71. The third-order valence-electron chi connectivity index (χ3n) is 3.76. The van der Waals surface area contributed by atoms with Crippen LogP contribution in [0.4, 0.5) is 5.69 Å². The van der Waals surface area contributed by atoms with Gasteiger partial charge in [0.25, 0.3) is 0 Å². The first-order chi connectivity index (χ1) is 9.56. The summed E-state index contributed by atoms with van der Waals surface area (Å²) >= 11 is 0. The smallest absolute Gasteiger partial charge is 0.0867 e. The predicted molar refractivity (Wildman–Crippen MR) is 88.0 cm³/mol. The zero-order valence-electron chi connectivity index (χ0n) is 12.8. The molecule has 0 saturated carbocycles. The fourth-order valence-electron chi connectivity index (χ4n) is 2.68. The van der Waals surface area contributed by atoms with E-state index < -0.39 is 0 Å². The summed E-state index contributed by atoms with van der Waals surface area (Å²) in [4.78, 5) is 2.22. The summed E-state index contributed by atoms with van der Waals surface area (Å²) in [7, 11) is 0. The molecule has 106 valence electrons. The van der Waals surface area contributed by atoms with E-state index in [0.717, 1.165) is 0 Å². The van der Waals surface area contributed by atoms with E-state index in [-0.39, 0.29) is 6.04 Å². The van der Waals surface area contributed by atoms with E-state index in [4.69, 9.17) is 5.41 Å². The molecule has 2 rings (SSSR count). The fourth-order valence-corrected chi connectivity index (χ4v) is 2.68. The van der Waals surface area contributed by atoms with Gasteiger partial charge in [-0.2, -0.15) is 0 Å². The Hall–Kier alpha value is -1.83. The van der Waals surface area contributed by atoms with Crippen LogP contribution in [0.25, 0.3) is 0 Å². The van der Waals surface area contributed by atoms with E-state index in [9.17, 15) is 0 Å². The molecule has 0 spiro atoms. The quantitative estimate of drug-likeness (QED) is 0.777. The summed E-state index contributed by atoms with van der Waals surface area (Å²) in [6, 6.07) is 6.58. The van der Waals surface area contributed by atoms with Crippen LogP contribution in [0.2, 0.25) is 0 Å². The maximum Gasteiger partial charge on any atom is 0.0867 e. The van der Waals surface area contributed by atoms with Crippen LogP contribution in [-0.2, 0) is 0 Å². The molecule has 0 aliphatic carbocycles. The molecular weight excluding hydrogens is 244 g/mol. The average molecular weight is 268 g/mol. The molecule has 1 aromatic carbocycles. The largest absolute Gasteiger partial charge is 0.336 e. The Morgan fingerprint density at radius 3 is 2.15 bits per heavy atom. The minimum Gasteiger partial charge on any atom is -0.336 e. The van der Waals surface area contributed by atoms with E-state index in [1.807, 2.05) is 12.2 Å². The number of nitrogens with zero attached hydrogens (tertiary/aromatic N) is 1. The van der Waals surface area contributed by atoms with Gasteiger partial charge in [-0.25, -0.2) is 0 Å². The molecular formula is C18H24N2. The molecule has 1 aliphatic rings. The second kappa shape index (κ2) is 6.08. The van der Waals surface area contributed by atoms with Crippen molar-refractivity contribution in [3.8, 4) is 0 Å². The SMILES string of the molecule is CC(C)c1cccc(C(C)C)c1N1C=CC=CC1C=N. The van der Waals surface area contributed by atoms with Crippen molar-refractivity contribution >= 4 is 11.9 Å². The Kier molecular flexibility index (Phi) is 4.43. The summed E-state index contributed by atoms with van der Waals surface area (Å²) in [5.41, 5.74) is 3.97. The van der Waals surface area contributed by atoms with Crippen LogP contribution < -0.4 is 4.90 Å². The monoisotopic (exact) mass is 268 g/mol. The molecule has 0 fully saturated rings. The summed E-state index contributed by atoms with van der Waals surface area (Å²) < 4.78 is 0. The number of benzene rings is 1. The van der Waals surface area contributed by atoms with Gasteiger partial charge in [-0.05, 0) is 29.0 Å². The number of hydrogen-bond donors (Lipinski definition) is 1. The molecule has 0 saturated heterocycles. The van der Waals surface area contributed by atoms with Crippen molar-refractivity contribution in [2.24, 2.45) is 0 Å². The van der Waals surface area contributed by atoms with Gasteiger partial charge in [-0.1, -0.05) is 58.0 Å². The van der Waals surface area contributed by atoms with Crippen molar-refractivity contribution in [2.45, 2.75) is 45.6 Å². The third kappa shape index (κ3) is 2.69. The van der Waals surface area contributed by atoms with Crippen LogP contribution in [-0.4, -0.2) is 12.3 Å². The normalized spacial score (nSPS) is 18.1. The number of nitrogens with one attached hydrogen (secondary N) is 1. The lowest BCUT2D eigenvalue weighted by molar-refractivity contribution is 0.811. The molecule has 20 heavy (non-hydrogen) atoms. The minimum absolute atomic E-state index is 0.0115. The molecule has 0 bridgehead atoms. The van der Waals surface area contributed by atoms with E-state index in [2.05, 4.69) is 63.1 Å². The zero-order valence-corrected chi connectivity index (χ0v) is 12.8. The van der Waals surface area contributed by atoms with E-state index in [1.54, 1.807) is 0 Å². The number of anilines is 1. The van der Waals surface area contributed by atoms with Gasteiger partial charge in [0.15, 0.2) is 0 Å². The Bertz CT molecular complexity index is 512. The summed E-state index contributed by atoms with van der Waals surface area (Å²) in [5, 5.41) is 7.68. The molecule has 0 radical (unpaired) electrons. The first kappa shape index (κ1) is 14.6. The van der Waals surface area contributed by atoms with Crippen molar-refractivity contribution in [1.29, 1.82) is 5.41 Å². The van der Waals surface area contributed by atoms with Crippen LogP contribution in [0.15, 0.2) is 42.6 Å². The molecule has 2 heteroatoms. The van der Waals surface area contributed by atoms with Gasteiger partial charge in [0.1, 0.15) is 0 Å². The number of para-hydroxylation sites is 1. The van der Waals surface area contributed by atoms with Gasteiger partial charge in [0.05, 0.1) is 6.04 Å². The Labute approximate surface area is 122 Å². The second-order valence-electron chi connectivity index (χ2n) is 5.89. The summed E-state index contributed by atoms with van der Waals surface area (Å²) in [6.45, 7) is 8.91. The lowest BCUT2D eigenvalue weighted by Gasteiger charge is -2.33. The van der Waals surface area contributed by atoms with Gasteiger partial charge in [-0.15, -0.1) is 0 Å². The predicted octanol–water partition coefficient (Wildman–Crippen LogP) is 4.84. The number of hydrogen-bond acceptors (Lipinski definition) is 2. The average Bonchev–Trinajstić information content (AvgIpc) is 2.46. The molecule has 1 N–H and O–H groups in total. The highest BCUT2D eigenvalue weighted by atomic mass is 15.2. The van der Waals surface area contributed by atoms with Crippen molar-refractivity contribution in [3.05, 3.63) is 53.8 Å². The molecule has 1 aromatic rings. The minimum atomic E-state index is 0.0115. The Balaban J connectivity index is 2.61. The van der Waals surface area contributed by atoms with E-state index in [0.29, 0.717) is 11.8 Å². The number of allylic oxidation sites excluding steroid dienone is 2. The lowest BCUT2D eigenvalue weighted by Crippen LogP contribution is -2.33. The van der Waals surface area contributed by atoms with Crippen molar-refractivity contribution in [2.75, 3.05) is 4.90 Å². The van der Waals surface area contributed by atoms with Crippen molar-refractivity contribution < 1.29 is 0 Å². The third-order valence-corrected chi connectivity index (χ3v) is 3.76. The fraction of sp³-hybridized carbons (Fsp3) is 0.389. The van der Waals surface area contributed by atoms with Gasteiger partial charge in [0.2, 0.25) is 0 Å². The zero-order chi connectivity index (χ0) is 14.7. The maximum atomic E-state index is 7.68. The van der Waals surface area contributed by atoms with Crippen molar-refractivity contribution in [1.82, 2.24) is 0 Å². The van der Waals surface area contributed by atoms with Crippen LogP contribution in [0.3, 0.4) is 0 Å². The Morgan fingerprint density at radius 1 is 1.05 bits per heavy atom. The van der Waals surface area contributed by atoms with Crippen LogP contribution >= 0.6 is 0 Å². The molecule has 1 atom stereocenters. The van der Waals surface area contributed by atoms with E-state index >= 15 is 0 Å². The second-order valence-corrected chi connectivity index (χ2v) is 5.89. The first-order valence-corrected chi connectivity index (χ1v) is 7.33. The van der Waals surface area contributed by atoms with Crippen molar-refractivity contribution in [3.63, 3.8) is 0 Å². The van der Waals surface area contributed by atoms with Gasteiger partial charge in [-0.3, -0.25) is 0 Å². The van der Waals surface area contributed by atoms with Crippen LogP contribution in [0.1, 0.15) is 50.7 Å². The van der Waals surface area contributed by atoms with Gasteiger partial charge >= 0.3 is 0 Å². The van der Waals surface area contributed by atoms with Gasteiger partial charge in [0, 0.05) is 18.1 Å². The Morgan fingerprint density at radius 2 is 1.65 bits per heavy atom. The molecule has 1 unspecified atom stereocenters. The van der Waals surface area contributed by atoms with Crippen LogP contribution in [0, 0.1) is 5.41 Å². The highest BCUT2D eigenvalue weighted by molar-refractivity contribution is 5.76. The maximum absolute atomic E-state index is 7.68. The molecule has 1 aliphatic heterocycles. The molecule has 2 nitrogen and oxygen atoms in total. The molecule has 0 amide bonds.